The Morgan fingerprint density at radius 3 is 0.889 bits per heavy atom. The van der Waals surface area contributed by atoms with Crippen LogP contribution in [-0.2, 0) is 6.42 Å². The van der Waals surface area contributed by atoms with Gasteiger partial charge in [-0.3, -0.25) is 0 Å². The van der Waals surface area contributed by atoms with Crippen LogP contribution < -0.4 is 0 Å². The van der Waals surface area contributed by atoms with Crippen molar-refractivity contribution in [3.63, 3.8) is 0 Å². The zero-order valence-corrected chi connectivity index (χ0v) is 27.6. The van der Waals surface area contributed by atoms with Crippen molar-refractivity contribution in [2.24, 2.45) is 0 Å². The van der Waals surface area contributed by atoms with Crippen molar-refractivity contribution in [1.29, 1.82) is 0 Å². The van der Waals surface area contributed by atoms with Crippen LogP contribution in [0, 0.1) is 48.5 Å². The van der Waals surface area contributed by atoms with Gasteiger partial charge in [0.2, 0.25) is 0 Å². The van der Waals surface area contributed by atoms with Gasteiger partial charge in [0.05, 0.1) is 0 Å². The first-order valence-corrected chi connectivity index (χ1v) is 15.6. The van der Waals surface area contributed by atoms with E-state index in [1.165, 1.54) is 0 Å². The fourth-order valence-corrected chi connectivity index (χ4v) is 6.82. The van der Waals surface area contributed by atoms with Gasteiger partial charge in [0.25, 0.3) is 0 Å². The summed E-state index contributed by atoms with van der Waals surface area (Å²) in [5.74, 6) is 1.04. The fraction of sp³-hybridized carbons (Fsp3) is 0.268. The van der Waals surface area contributed by atoms with E-state index in [4.69, 9.17) is 0 Å². The molecule has 0 heterocycles. The van der Waals surface area contributed by atoms with Gasteiger partial charge in [-0.05, 0) is 133 Å². The summed E-state index contributed by atoms with van der Waals surface area (Å²) < 4.78 is 0. The Morgan fingerprint density at radius 2 is 0.622 bits per heavy atom. The quantitative estimate of drug-likeness (QED) is 0.140. The minimum absolute atomic E-state index is 0.114. The van der Waals surface area contributed by atoms with E-state index in [-0.39, 0.29) is 11.8 Å². The van der Waals surface area contributed by atoms with Gasteiger partial charge in [-0.25, -0.2) is 0 Å². The lowest BCUT2D eigenvalue weighted by Gasteiger charge is -2.25. The molecule has 232 valence electrons. The molecule has 0 saturated carbocycles. The molecule has 4 heteroatoms. The number of phenolic OH excluding ortho intramolecular Hbond substituents is 4. The predicted molar refractivity (Wildman–Crippen MR) is 183 cm³/mol. The van der Waals surface area contributed by atoms with E-state index in [0.717, 1.165) is 84.3 Å². The summed E-state index contributed by atoms with van der Waals surface area (Å²) in [5.41, 5.74) is 13.2. The molecule has 5 rings (SSSR count). The second-order valence-corrected chi connectivity index (χ2v) is 12.7. The van der Waals surface area contributed by atoms with Crippen LogP contribution in [0.1, 0.15) is 96.6 Å². The molecular formula is C41H44O4. The Morgan fingerprint density at radius 1 is 0.378 bits per heavy atom. The second kappa shape index (κ2) is 12.4. The average Bonchev–Trinajstić information content (AvgIpc) is 3.00. The van der Waals surface area contributed by atoms with E-state index in [1.54, 1.807) is 0 Å². The second-order valence-electron chi connectivity index (χ2n) is 12.7. The molecule has 0 spiro atoms. The van der Waals surface area contributed by atoms with Crippen LogP contribution in [0.2, 0.25) is 0 Å². The van der Waals surface area contributed by atoms with Gasteiger partial charge in [-0.1, -0.05) is 79.7 Å². The molecule has 5 aromatic rings. The number of aryl methyl sites for hydroxylation is 8. The highest BCUT2D eigenvalue weighted by atomic mass is 16.3. The van der Waals surface area contributed by atoms with Gasteiger partial charge in [-0.15, -0.1) is 0 Å². The zero-order chi connectivity index (χ0) is 32.7. The van der Waals surface area contributed by atoms with Crippen molar-refractivity contribution < 1.29 is 20.4 Å². The first-order chi connectivity index (χ1) is 21.3. The third kappa shape index (κ3) is 6.02. The Labute approximate surface area is 267 Å². The summed E-state index contributed by atoms with van der Waals surface area (Å²) in [6.07, 6.45) is 0.721. The minimum Gasteiger partial charge on any atom is -0.507 e. The maximum atomic E-state index is 10.7. The number of phenols is 4. The molecule has 0 saturated heterocycles. The molecule has 1 atom stereocenters. The monoisotopic (exact) mass is 600 g/mol. The van der Waals surface area contributed by atoms with Crippen molar-refractivity contribution in [1.82, 2.24) is 0 Å². The lowest BCUT2D eigenvalue weighted by Crippen LogP contribution is -2.08. The predicted octanol–water partition coefficient (Wildman–Crippen LogP) is 9.59. The molecular weight excluding hydrogens is 556 g/mol. The highest BCUT2D eigenvalue weighted by Crippen LogP contribution is 2.41. The van der Waals surface area contributed by atoms with Crippen molar-refractivity contribution in [2.45, 2.75) is 73.6 Å². The van der Waals surface area contributed by atoms with E-state index in [2.05, 4.69) is 79.7 Å². The van der Waals surface area contributed by atoms with Gasteiger partial charge in [-0.2, -0.15) is 0 Å². The molecule has 0 bridgehead atoms. The SMILES string of the molecule is CCc1cc(C(c2ccc(C(c3cc(C)c(O)c(C)c3)c3cc(C)c(O)c(C)c3)cc2)c2cc(C)c(O)c(C)c2)cc(C)c1O. The van der Waals surface area contributed by atoms with Crippen LogP contribution in [0.5, 0.6) is 23.0 Å². The minimum atomic E-state index is -0.116. The molecule has 0 aliphatic heterocycles. The molecule has 0 aliphatic rings. The fourth-order valence-electron chi connectivity index (χ4n) is 6.82. The summed E-state index contributed by atoms with van der Waals surface area (Å²) in [6.45, 7) is 15.6. The van der Waals surface area contributed by atoms with Crippen LogP contribution in [0.15, 0.2) is 72.8 Å². The van der Waals surface area contributed by atoms with Crippen LogP contribution >= 0.6 is 0 Å². The van der Waals surface area contributed by atoms with Gasteiger partial charge in [0, 0.05) is 11.8 Å². The molecule has 0 radical (unpaired) electrons. The van der Waals surface area contributed by atoms with Gasteiger partial charge >= 0.3 is 0 Å². The van der Waals surface area contributed by atoms with E-state index < -0.39 is 0 Å². The molecule has 0 aromatic heterocycles. The molecule has 4 N–H and O–H groups in total. The molecule has 0 aliphatic carbocycles. The van der Waals surface area contributed by atoms with E-state index in [9.17, 15) is 20.4 Å². The lowest BCUT2D eigenvalue weighted by molar-refractivity contribution is 0.464. The van der Waals surface area contributed by atoms with Gasteiger partial charge < -0.3 is 20.4 Å². The topological polar surface area (TPSA) is 80.9 Å². The van der Waals surface area contributed by atoms with Crippen molar-refractivity contribution in [2.75, 3.05) is 0 Å². The number of benzene rings is 5. The van der Waals surface area contributed by atoms with Crippen LogP contribution in [0.25, 0.3) is 0 Å². The standard InChI is InChI=1S/C41H44O4/c1-9-29-21-35(20-28(8)41(29)45)37(34-18-26(6)40(44)27(7)19-34)31-12-10-30(11-13-31)36(32-14-22(2)38(42)23(3)15-32)33-16-24(4)39(43)25(5)17-33/h10-21,36-37,42-45H,9H2,1-8H3. The largest absolute Gasteiger partial charge is 0.507 e. The summed E-state index contributed by atoms with van der Waals surface area (Å²) in [7, 11) is 0. The Bertz CT molecular complexity index is 1770. The van der Waals surface area contributed by atoms with Crippen LogP contribution in [0.3, 0.4) is 0 Å². The Kier molecular flexibility index (Phi) is 8.71. The van der Waals surface area contributed by atoms with Gasteiger partial charge in [0.15, 0.2) is 0 Å². The van der Waals surface area contributed by atoms with E-state index in [0.29, 0.717) is 23.0 Å². The highest BCUT2D eigenvalue weighted by molar-refractivity contribution is 5.56. The average molecular weight is 601 g/mol. The molecule has 1 unspecified atom stereocenters. The number of hydrogen-bond acceptors (Lipinski definition) is 4. The third-order valence-corrected chi connectivity index (χ3v) is 9.26. The highest BCUT2D eigenvalue weighted by Gasteiger charge is 2.24. The van der Waals surface area contributed by atoms with E-state index >= 15 is 0 Å². The Balaban J connectivity index is 1.70. The Hall–Kier alpha value is -4.70. The molecule has 0 amide bonds. The lowest BCUT2D eigenvalue weighted by atomic mass is 9.79. The summed E-state index contributed by atoms with van der Waals surface area (Å²) >= 11 is 0. The first-order valence-electron chi connectivity index (χ1n) is 15.6. The summed E-state index contributed by atoms with van der Waals surface area (Å²) in [6, 6.07) is 25.2. The van der Waals surface area contributed by atoms with Crippen LogP contribution in [-0.4, -0.2) is 20.4 Å². The molecule has 0 fully saturated rings. The number of hydrogen-bond donors (Lipinski definition) is 4. The summed E-state index contributed by atoms with van der Waals surface area (Å²) in [4.78, 5) is 0. The van der Waals surface area contributed by atoms with Crippen molar-refractivity contribution >= 4 is 0 Å². The van der Waals surface area contributed by atoms with Crippen molar-refractivity contribution in [3.8, 4) is 23.0 Å². The first kappa shape index (κ1) is 31.7. The maximum Gasteiger partial charge on any atom is 0.121 e. The number of rotatable bonds is 7. The zero-order valence-electron chi connectivity index (χ0n) is 27.6. The van der Waals surface area contributed by atoms with Crippen LogP contribution in [0.4, 0.5) is 0 Å². The van der Waals surface area contributed by atoms with Gasteiger partial charge in [0.1, 0.15) is 23.0 Å². The van der Waals surface area contributed by atoms with E-state index in [1.807, 2.05) is 48.5 Å². The maximum absolute atomic E-state index is 10.7. The number of aromatic hydroxyl groups is 4. The summed E-state index contributed by atoms with van der Waals surface area (Å²) in [5, 5.41) is 42.4. The van der Waals surface area contributed by atoms with Crippen molar-refractivity contribution in [3.05, 3.63) is 151 Å². The normalized spacial score (nSPS) is 12.1. The molecule has 5 aromatic carbocycles. The third-order valence-electron chi connectivity index (χ3n) is 9.26. The molecule has 4 nitrogen and oxygen atoms in total. The smallest absolute Gasteiger partial charge is 0.121 e. The molecule has 45 heavy (non-hydrogen) atoms.